The third-order valence-corrected chi connectivity index (χ3v) is 5.24. The number of para-hydroxylation sites is 2. The molecule has 0 aliphatic carbocycles. The van der Waals surface area contributed by atoms with Gasteiger partial charge in [-0.2, -0.15) is 0 Å². The van der Waals surface area contributed by atoms with Crippen molar-refractivity contribution in [2.75, 3.05) is 13.7 Å². The Morgan fingerprint density at radius 2 is 1.74 bits per heavy atom. The average Bonchev–Trinajstić information content (AvgIpc) is 2.77. The second kappa shape index (κ2) is 12.0. The van der Waals surface area contributed by atoms with Gasteiger partial charge in [0.15, 0.2) is 18.1 Å². The number of ether oxygens (including phenoxy) is 2. The molecule has 0 unspecified atom stereocenters. The summed E-state index contributed by atoms with van der Waals surface area (Å²) in [6, 6.07) is 14.6. The third-order valence-electron chi connectivity index (χ3n) is 5.24. The maximum atomic E-state index is 13.2. The van der Waals surface area contributed by atoms with Crippen molar-refractivity contribution in [1.29, 1.82) is 0 Å². The van der Waals surface area contributed by atoms with Crippen molar-refractivity contribution in [3.63, 3.8) is 0 Å². The van der Waals surface area contributed by atoms with Crippen molar-refractivity contribution in [1.82, 2.24) is 10.2 Å². The lowest BCUT2D eigenvalue weighted by Crippen LogP contribution is -2.51. The lowest BCUT2D eigenvalue weighted by Gasteiger charge is -2.31. The van der Waals surface area contributed by atoms with Gasteiger partial charge >= 0.3 is 0 Å². The Kier molecular flexibility index (Phi) is 9.38. The lowest BCUT2D eigenvalue weighted by atomic mass is 10.1. The van der Waals surface area contributed by atoms with Crippen LogP contribution < -0.4 is 14.8 Å². The zero-order valence-electron chi connectivity index (χ0n) is 19.2. The van der Waals surface area contributed by atoms with Gasteiger partial charge in [-0.05, 0) is 44.4 Å². The van der Waals surface area contributed by atoms with Gasteiger partial charge in [0.25, 0.3) is 5.91 Å². The molecule has 0 spiro atoms. The van der Waals surface area contributed by atoms with Gasteiger partial charge in [-0.1, -0.05) is 55.8 Å². The third kappa shape index (κ3) is 7.02. The summed E-state index contributed by atoms with van der Waals surface area (Å²) < 4.78 is 11.1. The molecular weight excluding hydrogens is 392 g/mol. The summed E-state index contributed by atoms with van der Waals surface area (Å²) in [4.78, 5) is 27.8. The molecule has 2 atom stereocenters. The maximum Gasteiger partial charge on any atom is 0.261 e. The minimum atomic E-state index is -0.580. The maximum absolute atomic E-state index is 13.2. The average molecular weight is 427 g/mol. The number of aryl methyl sites for hydroxylation is 1. The molecule has 0 saturated carbocycles. The predicted molar refractivity (Wildman–Crippen MR) is 122 cm³/mol. The quantitative estimate of drug-likeness (QED) is 0.587. The van der Waals surface area contributed by atoms with Gasteiger partial charge in [0.05, 0.1) is 7.11 Å². The number of nitrogens with zero attached hydrogens (tertiary/aromatic N) is 1. The number of carbonyl (C=O) groups excluding carboxylic acids is 2. The van der Waals surface area contributed by atoms with Crippen LogP contribution in [0.2, 0.25) is 0 Å². The number of methoxy groups -OCH3 is 1. The Morgan fingerprint density at radius 1 is 1.03 bits per heavy atom. The summed E-state index contributed by atoms with van der Waals surface area (Å²) >= 11 is 0. The molecule has 0 fully saturated rings. The number of carbonyl (C=O) groups is 2. The first-order chi connectivity index (χ1) is 14.9. The Balaban J connectivity index is 2.24. The molecule has 1 N–H and O–H groups in total. The molecule has 168 valence electrons. The van der Waals surface area contributed by atoms with Crippen molar-refractivity contribution < 1.29 is 19.1 Å². The van der Waals surface area contributed by atoms with Crippen LogP contribution in [0.5, 0.6) is 11.5 Å². The first kappa shape index (κ1) is 24.3. The largest absolute Gasteiger partial charge is 0.493 e. The molecule has 31 heavy (non-hydrogen) atoms. The highest BCUT2D eigenvalue weighted by Crippen LogP contribution is 2.26. The standard InChI is InChI=1S/C25H34N2O4/c1-6-19(4)26-25(29)21(7-2)27(16-20-12-10-11-18(3)15-20)24(28)17-31-23-14-9-8-13-22(23)30-5/h8-15,19,21H,6-7,16-17H2,1-5H3,(H,26,29)/t19-,21+/m0/s1. The van der Waals surface area contributed by atoms with E-state index >= 15 is 0 Å². The van der Waals surface area contributed by atoms with Crippen LogP contribution in [0.1, 0.15) is 44.7 Å². The van der Waals surface area contributed by atoms with Crippen LogP contribution in [0, 0.1) is 6.92 Å². The van der Waals surface area contributed by atoms with Crippen LogP contribution >= 0.6 is 0 Å². The summed E-state index contributed by atoms with van der Waals surface area (Å²) in [5.74, 6) is 0.654. The Labute approximate surface area is 185 Å². The molecule has 0 aliphatic rings. The van der Waals surface area contributed by atoms with Gasteiger partial charge in [0.1, 0.15) is 6.04 Å². The fraction of sp³-hybridized carbons (Fsp3) is 0.440. The van der Waals surface area contributed by atoms with Crippen molar-refractivity contribution in [3.8, 4) is 11.5 Å². The molecule has 0 aliphatic heterocycles. The van der Waals surface area contributed by atoms with Crippen LogP contribution in [0.15, 0.2) is 48.5 Å². The van der Waals surface area contributed by atoms with E-state index in [1.54, 1.807) is 24.1 Å². The first-order valence-corrected chi connectivity index (χ1v) is 10.8. The molecule has 6 heteroatoms. The van der Waals surface area contributed by atoms with E-state index in [4.69, 9.17) is 9.47 Å². The first-order valence-electron chi connectivity index (χ1n) is 10.8. The number of hydrogen-bond acceptors (Lipinski definition) is 4. The van der Waals surface area contributed by atoms with Crippen molar-refractivity contribution in [2.24, 2.45) is 0 Å². The number of benzene rings is 2. The molecule has 0 radical (unpaired) electrons. The summed E-state index contributed by atoms with van der Waals surface area (Å²) in [6.45, 7) is 8.05. The van der Waals surface area contributed by atoms with Crippen LogP contribution in [0.4, 0.5) is 0 Å². The predicted octanol–water partition coefficient (Wildman–Crippen LogP) is 4.10. The Hall–Kier alpha value is -3.02. The van der Waals surface area contributed by atoms with E-state index in [2.05, 4.69) is 5.32 Å². The smallest absolute Gasteiger partial charge is 0.261 e. The highest BCUT2D eigenvalue weighted by atomic mass is 16.5. The summed E-state index contributed by atoms with van der Waals surface area (Å²) in [5, 5.41) is 3.01. The lowest BCUT2D eigenvalue weighted by molar-refractivity contribution is -0.143. The van der Waals surface area contributed by atoms with Gasteiger partial charge in [-0.25, -0.2) is 0 Å². The van der Waals surface area contributed by atoms with Crippen LogP contribution in [0.3, 0.4) is 0 Å². The minimum Gasteiger partial charge on any atom is -0.493 e. The van der Waals surface area contributed by atoms with E-state index < -0.39 is 6.04 Å². The van der Waals surface area contributed by atoms with Crippen LogP contribution in [-0.2, 0) is 16.1 Å². The minimum absolute atomic E-state index is 0.0438. The van der Waals surface area contributed by atoms with E-state index in [9.17, 15) is 9.59 Å². The van der Waals surface area contributed by atoms with Crippen molar-refractivity contribution >= 4 is 11.8 Å². The van der Waals surface area contributed by atoms with Gasteiger partial charge in [-0.3, -0.25) is 9.59 Å². The molecule has 2 aromatic carbocycles. The monoisotopic (exact) mass is 426 g/mol. The molecule has 2 rings (SSSR count). The number of rotatable bonds is 11. The normalized spacial score (nSPS) is 12.5. The fourth-order valence-electron chi connectivity index (χ4n) is 3.33. The Morgan fingerprint density at radius 3 is 2.35 bits per heavy atom. The Bertz CT molecular complexity index is 868. The zero-order valence-corrected chi connectivity index (χ0v) is 19.2. The van der Waals surface area contributed by atoms with E-state index in [-0.39, 0.29) is 24.5 Å². The number of amides is 2. The van der Waals surface area contributed by atoms with Gasteiger partial charge in [0, 0.05) is 12.6 Å². The summed E-state index contributed by atoms with van der Waals surface area (Å²) in [5.41, 5.74) is 2.08. The molecular formula is C25H34N2O4. The van der Waals surface area contributed by atoms with Crippen LogP contribution in [0.25, 0.3) is 0 Å². The van der Waals surface area contributed by atoms with Gasteiger partial charge in [0.2, 0.25) is 5.91 Å². The molecule has 0 aromatic heterocycles. The second-order valence-corrected chi connectivity index (χ2v) is 7.69. The number of hydrogen-bond donors (Lipinski definition) is 1. The SMILES string of the molecule is CC[C@H](C(=O)N[C@@H](C)CC)N(Cc1cccc(C)c1)C(=O)COc1ccccc1OC. The zero-order chi connectivity index (χ0) is 22.8. The summed E-state index contributed by atoms with van der Waals surface area (Å²) in [6.07, 6.45) is 1.33. The highest BCUT2D eigenvalue weighted by Gasteiger charge is 2.29. The van der Waals surface area contributed by atoms with Crippen molar-refractivity contribution in [2.45, 2.75) is 59.2 Å². The molecule has 6 nitrogen and oxygen atoms in total. The topological polar surface area (TPSA) is 67.9 Å². The van der Waals surface area contributed by atoms with E-state index in [0.29, 0.717) is 24.5 Å². The number of nitrogens with one attached hydrogen (secondary N) is 1. The molecule has 2 amide bonds. The molecule has 0 heterocycles. The van der Waals surface area contributed by atoms with E-state index in [1.165, 1.54) is 0 Å². The van der Waals surface area contributed by atoms with Gasteiger partial charge in [-0.15, -0.1) is 0 Å². The van der Waals surface area contributed by atoms with E-state index in [1.807, 2.05) is 64.1 Å². The van der Waals surface area contributed by atoms with Gasteiger partial charge < -0.3 is 19.7 Å². The highest BCUT2D eigenvalue weighted by molar-refractivity contribution is 5.88. The summed E-state index contributed by atoms with van der Waals surface area (Å²) in [7, 11) is 1.56. The van der Waals surface area contributed by atoms with Crippen LogP contribution in [-0.4, -0.2) is 42.5 Å². The molecule has 2 aromatic rings. The fourth-order valence-corrected chi connectivity index (χ4v) is 3.33. The van der Waals surface area contributed by atoms with E-state index in [0.717, 1.165) is 17.5 Å². The molecule has 0 saturated heterocycles. The van der Waals surface area contributed by atoms with Crippen molar-refractivity contribution in [3.05, 3.63) is 59.7 Å². The second-order valence-electron chi connectivity index (χ2n) is 7.69. The molecule has 0 bridgehead atoms.